The Morgan fingerprint density at radius 1 is 1.60 bits per heavy atom. The average molecular weight is 228 g/mol. The van der Waals surface area contributed by atoms with Crippen molar-refractivity contribution in [1.29, 1.82) is 0 Å². The average Bonchev–Trinajstić information content (AvgIpc) is 2.87. The van der Waals surface area contributed by atoms with Crippen LogP contribution < -0.4 is 0 Å². The fraction of sp³-hybridized carbons (Fsp3) is 0.727. The molecule has 1 aromatic heterocycles. The number of nitrogens with zero attached hydrogens (tertiary/aromatic N) is 3. The van der Waals surface area contributed by atoms with Crippen molar-refractivity contribution in [3.05, 3.63) is 18.0 Å². The fourth-order valence-corrected chi connectivity index (χ4v) is 2.52. The van der Waals surface area contributed by atoms with E-state index in [4.69, 9.17) is 11.6 Å². The van der Waals surface area contributed by atoms with E-state index in [9.17, 15) is 0 Å². The lowest BCUT2D eigenvalue weighted by Gasteiger charge is -2.21. The van der Waals surface area contributed by atoms with E-state index in [-0.39, 0.29) is 0 Å². The molecular formula is C11H18ClN3. The predicted octanol–water partition coefficient (Wildman–Crippen LogP) is 2.11. The molecule has 1 aliphatic heterocycles. The normalized spacial score (nSPS) is 22.4. The Balaban J connectivity index is 1.95. The van der Waals surface area contributed by atoms with Gasteiger partial charge >= 0.3 is 0 Å². The van der Waals surface area contributed by atoms with E-state index in [2.05, 4.69) is 23.1 Å². The van der Waals surface area contributed by atoms with Crippen LogP contribution in [0.5, 0.6) is 0 Å². The van der Waals surface area contributed by atoms with Crippen molar-refractivity contribution < 1.29 is 0 Å². The molecule has 84 valence electrons. The third-order valence-electron chi connectivity index (χ3n) is 3.07. The first-order valence-corrected chi connectivity index (χ1v) is 6.18. The van der Waals surface area contributed by atoms with Crippen molar-refractivity contribution in [2.75, 3.05) is 12.4 Å². The molecule has 4 heteroatoms. The summed E-state index contributed by atoms with van der Waals surface area (Å²) in [5, 5.41) is 4.28. The number of rotatable bonds is 4. The molecule has 2 rings (SSSR count). The Kier molecular flexibility index (Phi) is 3.65. The van der Waals surface area contributed by atoms with Gasteiger partial charge in [0.1, 0.15) is 0 Å². The maximum atomic E-state index is 5.94. The topological polar surface area (TPSA) is 21.1 Å². The van der Waals surface area contributed by atoms with Crippen LogP contribution in [0.15, 0.2) is 12.4 Å². The van der Waals surface area contributed by atoms with Crippen LogP contribution in [0.25, 0.3) is 0 Å². The molecule has 0 radical (unpaired) electrons. The zero-order chi connectivity index (χ0) is 10.7. The minimum Gasteiger partial charge on any atom is -0.295 e. The molecule has 3 nitrogen and oxygen atoms in total. The lowest BCUT2D eigenvalue weighted by atomic mass is 10.2. The van der Waals surface area contributed by atoms with Gasteiger partial charge in [-0.1, -0.05) is 0 Å². The van der Waals surface area contributed by atoms with Gasteiger partial charge in [-0.2, -0.15) is 5.10 Å². The second kappa shape index (κ2) is 4.99. The summed E-state index contributed by atoms with van der Waals surface area (Å²) >= 11 is 5.94. The molecule has 15 heavy (non-hydrogen) atoms. The summed E-state index contributed by atoms with van der Waals surface area (Å²) in [7, 11) is 0. The SMILES string of the molecule is CCn1cc(CN2CCCC2CCl)cn1. The Morgan fingerprint density at radius 2 is 2.47 bits per heavy atom. The Bertz CT molecular complexity index is 311. The molecule has 1 atom stereocenters. The van der Waals surface area contributed by atoms with Gasteiger partial charge in [-0.05, 0) is 26.3 Å². The van der Waals surface area contributed by atoms with Crippen molar-refractivity contribution in [3.8, 4) is 0 Å². The molecule has 1 saturated heterocycles. The number of likely N-dealkylation sites (tertiary alicyclic amines) is 1. The van der Waals surface area contributed by atoms with E-state index >= 15 is 0 Å². The molecule has 1 aromatic rings. The first kappa shape index (κ1) is 11.0. The maximum Gasteiger partial charge on any atom is 0.0534 e. The molecule has 0 N–H and O–H groups in total. The van der Waals surface area contributed by atoms with Gasteiger partial charge in [0.2, 0.25) is 0 Å². The van der Waals surface area contributed by atoms with E-state index < -0.39 is 0 Å². The van der Waals surface area contributed by atoms with Gasteiger partial charge in [0.15, 0.2) is 0 Å². The highest BCUT2D eigenvalue weighted by molar-refractivity contribution is 6.18. The highest BCUT2D eigenvalue weighted by atomic mass is 35.5. The molecule has 0 saturated carbocycles. The minimum atomic E-state index is 0.566. The molecule has 2 heterocycles. The van der Waals surface area contributed by atoms with Gasteiger partial charge in [-0.3, -0.25) is 9.58 Å². The summed E-state index contributed by atoms with van der Waals surface area (Å²) in [6.45, 7) is 5.22. The fourth-order valence-electron chi connectivity index (χ4n) is 2.17. The van der Waals surface area contributed by atoms with Gasteiger partial charge in [-0.25, -0.2) is 0 Å². The van der Waals surface area contributed by atoms with E-state index in [0.29, 0.717) is 6.04 Å². The van der Waals surface area contributed by atoms with E-state index in [1.54, 1.807) is 0 Å². The van der Waals surface area contributed by atoms with Gasteiger partial charge in [0, 0.05) is 36.8 Å². The summed E-state index contributed by atoms with van der Waals surface area (Å²) in [5.74, 6) is 0.752. The van der Waals surface area contributed by atoms with Crippen LogP contribution in [0.2, 0.25) is 0 Å². The van der Waals surface area contributed by atoms with Crippen LogP contribution in [0.4, 0.5) is 0 Å². The Morgan fingerprint density at radius 3 is 3.13 bits per heavy atom. The zero-order valence-corrected chi connectivity index (χ0v) is 9.95. The molecule has 0 spiro atoms. The van der Waals surface area contributed by atoms with E-state index in [0.717, 1.165) is 19.0 Å². The van der Waals surface area contributed by atoms with E-state index in [1.165, 1.54) is 24.9 Å². The number of aromatic nitrogens is 2. The van der Waals surface area contributed by atoms with Crippen molar-refractivity contribution in [2.45, 2.75) is 38.9 Å². The Labute approximate surface area is 96.0 Å². The summed E-state index contributed by atoms with van der Waals surface area (Å²) in [6, 6.07) is 0.566. The predicted molar refractivity (Wildman–Crippen MR) is 62.1 cm³/mol. The first-order chi connectivity index (χ1) is 7.33. The molecule has 0 amide bonds. The number of aryl methyl sites for hydroxylation is 1. The summed E-state index contributed by atoms with van der Waals surface area (Å²) in [4.78, 5) is 2.46. The number of hydrogen-bond donors (Lipinski definition) is 0. The largest absolute Gasteiger partial charge is 0.295 e. The van der Waals surface area contributed by atoms with Crippen molar-refractivity contribution in [3.63, 3.8) is 0 Å². The zero-order valence-electron chi connectivity index (χ0n) is 9.19. The highest BCUT2D eigenvalue weighted by Crippen LogP contribution is 2.20. The summed E-state index contributed by atoms with van der Waals surface area (Å²) < 4.78 is 1.97. The second-order valence-electron chi connectivity index (χ2n) is 4.13. The molecule has 1 unspecified atom stereocenters. The Hall–Kier alpha value is -0.540. The lowest BCUT2D eigenvalue weighted by Crippen LogP contribution is -2.29. The molecular weight excluding hydrogens is 210 g/mol. The van der Waals surface area contributed by atoms with Crippen LogP contribution in [0, 0.1) is 0 Å². The smallest absolute Gasteiger partial charge is 0.0534 e. The standard InChI is InChI=1S/C11H18ClN3/c1-2-15-9-10(7-13-15)8-14-5-3-4-11(14)6-12/h7,9,11H,2-6,8H2,1H3. The highest BCUT2D eigenvalue weighted by Gasteiger charge is 2.23. The van der Waals surface area contributed by atoms with Crippen molar-refractivity contribution in [2.24, 2.45) is 0 Å². The van der Waals surface area contributed by atoms with Crippen LogP contribution in [0.3, 0.4) is 0 Å². The van der Waals surface area contributed by atoms with Crippen LogP contribution in [-0.2, 0) is 13.1 Å². The summed E-state index contributed by atoms with van der Waals surface area (Å²) in [5.41, 5.74) is 1.30. The van der Waals surface area contributed by atoms with Gasteiger partial charge in [0.25, 0.3) is 0 Å². The second-order valence-corrected chi connectivity index (χ2v) is 4.43. The number of alkyl halides is 1. The van der Waals surface area contributed by atoms with Gasteiger partial charge in [-0.15, -0.1) is 11.6 Å². The van der Waals surface area contributed by atoms with Crippen molar-refractivity contribution in [1.82, 2.24) is 14.7 Å². The maximum absolute atomic E-state index is 5.94. The first-order valence-electron chi connectivity index (χ1n) is 5.65. The molecule has 0 aromatic carbocycles. The van der Waals surface area contributed by atoms with Crippen LogP contribution in [-0.4, -0.2) is 33.1 Å². The monoisotopic (exact) mass is 227 g/mol. The number of halogens is 1. The van der Waals surface area contributed by atoms with Crippen molar-refractivity contribution >= 4 is 11.6 Å². The number of hydrogen-bond acceptors (Lipinski definition) is 2. The minimum absolute atomic E-state index is 0.566. The lowest BCUT2D eigenvalue weighted by molar-refractivity contribution is 0.263. The summed E-state index contributed by atoms with van der Waals surface area (Å²) in [6.07, 6.45) is 6.61. The van der Waals surface area contributed by atoms with Gasteiger partial charge in [0.05, 0.1) is 6.20 Å². The molecule has 0 aliphatic carbocycles. The van der Waals surface area contributed by atoms with Crippen LogP contribution in [0.1, 0.15) is 25.3 Å². The third-order valence-corrected chi connectivity index (χ3v) is 3.43. The van der Waals surface area contributed by atoms with Gasteiger partial charge < -0.3 is 0 Å². The molecule has 0 bridgehead atoms. The van der Waals surface area contributed by atoms with Crippen LogP contribution >= 0.6 is 11.6 Å². The quantitative estimate of drug-likeness (QED) is 0.735. The third kappa shape index (κ3) is 2.52. The molecule has 1 fully saturated rings. The molecule has 1 aliphatic rings. The van der Waals surface area contributed by atoms with E-state index in [1.807, 2.05) is 10.9 Å².